The van der Waals surface area contributed by atoms with E-state index < -0.39 is 10.8 Å². The number of nitro benzene ring substituents is 1. The highest BCUT2D eigenvalue weighted by Gasteiger charge is 2.12. The minimum Gasteiger partial charge on any atom is -0.457 e. The van der Waals surface area contributed by atoms with Gasteiger partial charge in [0.1, 0.15) is 11.5 Å². The zero-order chi connectivity index (χ0) is 22.5. The number of carbonyl (C=O) groups is 1. The molecule has 0 spiro atoms. The zero-order valence-electron chi connectivity index (χ0n) is 15.4. The second-order valence-corrected chi connectivity index (χ2v) is 7.75. The highest BCUT2D eigenvalue weighted by molar-refractivity contribution is 7.80. The number of amides is 1. The van der Waals surface area contributed by atoms with E-state index in [1.165, 1.54) is 30.4 Å². The van der Waals surface area contributed by atoms with Crippen molar-refractivity contribution in [2.45, 2.75) is 0 Å². The first-order valence-corrected chi connectivity index (χ1v) is 10.1. The van der Waals surface area contributed by atoms with Crippen LogP contribution in [0, 0.1) is 10.1 Å². The molecule has 0 fully saturated rings. The predicted octanol–water partition coefficient (Wildman–Crippen LogP) is 6.34. The van der Waals surface area contributed by atoms with Crippen LogP contribution >= 0.6 is 47.0 Å². The molecule has 0 bridgehead atoms. The van der Waals surface area contributed by atoms with Crippen LogP contribution in [0.3, 0.4) is 0 Å². The van der Waals surface area contributed by atoms with Crippen LogP contribution in [0.5, 0.6) is 0 Å². The fraction of sp³-hybridized carbons (Fsp3) is 0. The Morgan fingerprint density at radius 1 is 1.06 bits per heavy atom. The number of hydrogen-bond acceptors (Lipinski definition) is 5. The topological polar surface area (TPSA) is 97.4 Å². The summed E-state index contributed by atoms with van der Waals surface area (Å²) in [5.74, 6) is 0.409. The van der Waals surface area contributed by atoms with Gasteiger partial charge in [-0.1, -0.05) is 34.8 Å². The third-order valence-electron chi connectivity index (χ3n) is 3.82. The summed E-state index contributed by atoms with van der Waals surface area (Å²) in [6.07, 6.45) is 2.67. The Labute approximate surface area is 196 Å². The number of non-ortho nitro benzene ring substituents is 1. The van der Waals surface area contributed by atoms with Crippen LogP contribution in [-0.2, 0) is 4.79 Å². The van der Waals surface area contributed by atoms with Gasteiger partial charge in [-0.05, 0) is 54.7 Å². The van der Waals surface area contributed by atoms with Gasteiger partial charge in [0.25, 0.3) is 5.69 Å². The van der Waals surface area contributed by atoms with Gasteiger partial charge >= 0.3 is 0 Å². The number of carbonyl (C=O) groups excluding carboxylic acids is 1. The SMILES string of the molecule is O=C(/C=C/c1ccc(-c2cc(Cl)cc(Cl)c2)o1)NC(=S)Nc1cc([N+](=O)[O-])ccc1Cl. The van der Waals surface area contributed by atoms with Crippen LogP contribution in [0.4, 0.5) is 11.4 Å². The highest BCUT2D eigenvalue weighted by Crippen LogP contribution is 2.29. The van der Waals surface area contributed by atoms with Crippen molar-refractivity contribution in [2.24, 2.45) is 0 Å². The molecule has 0 atom stereocenters. The average molecular weight is 497 g/mol. The van der Waals surface area contributed by atoms with Gasteiger partial charge in [-0.25, -0.2) is 0 Å². The zero-order valence-corrected chi connectivity index (χ0v) is 18.5. The Hall–Kier alpha value is -2.91. The molecule has 0 aliphatic heterocycles. The molecule has 7 nitrogen and oxygen atoms in total. The van der Waals surface area contributed by atoms with Crippen molar-refractivity contribution in [3.05, 3.63) is 85.5 Å². The Morgan fingerprint density at radius 3 is 2.45 bits per heavy atom. The number of halogens is 3. The van der Waals surface area contributed by atoms with E-state index in [0.29, 0.717) is 27.1 Å². The van der Waals surface area contributed by atoms with Gasteiger partial charge in [0.2, 0.25) is 5.91 Å². The maximum absolute atomic E-state index is 12.1. The normalized spacial score (nSPS) is 10.8. The van der Waals surface area contributed by atoms with Gasteiger partial charge in [0.15, 0.2) is 5.11 Å². The molecule has 0 aliphatic rings. The Morgan fingerprint density at radius 2 is 1.77 bits per heavy atom. The molecule has 158 valence electrons. The summed E-state index contributed by atoms with van der Waals surface area (Å²) < 4.78 is 5.67. The third-order valence-corrected chi connectivity index (χ3v) is 4.79. The van der Waals surface area contributed by atoms with E-state index in [9.17, 15) is 14.9 Å². The fourth-order valence-corrected chi connectivity index (χ4v) is 3.38. The van der Waals surface area contributed by atoms with Crippen molar-refractivity contribution in [2.75, 3.05) is 5.32 Å². The molecule has 2 N–H and O–H groups in total. The largest absolute Gasteiger partial charge is 0.457 e. The number of hydrogen-bond donors (Lipinski definition) is 2. The van der Waals surface area contributed by atoms with E-state index in [0.717, 1.165) is 0 Å². The van der Waals surface area contributed by atoms with E-state index in [2.05, 4.69) is 10.6 Å². The predicted molar refractivity (Wildman–Crippen MR) is 126 cm³/mol. The first-order chi connectivity index (χ1) is 14.7. The van der Waals surface area contributed by atoms with Gasteiger partial charge in [-0.3, -0.25) is 20.2 Å². The molecule has 1 heterocycles. The van der Waals surface area contributed by atoms with Crippen LogP contribution in [0.1, 0.15) is 5.76 Å². The van der Waals surface area contributed by atoms with Crippen LogP contribution in [0.25, 0.3) is 17.4 Å². The lowest BCUT2D eigenvalue weighted by Crippen LogP contribution is -2.32. The summed E-state index contributed by atoms with van der Waals surface area (Å²) in [5, 5.41) is 17.0. The molecule has 1 aromatic heterocycles. The monoisotopic (exact) mass is 495 g/mol. The number of benzene rings is 2. The molecule has 3 rings (SSSR count). The van der Waals surface area contributed by atoms with Gasteiger partial charge in [-0.15, -0.1) is 0 Å². The summed E-state index contributed by atoms with van der Waals surface area (Å²) in [6.45, 7) is 0. The third kappa shape index (κ3) is 6.28. The maximum atomic E-state index is 12.1. The first kappa shape index (κ1) is 22.8. The second-order valence-electron chi connectivity index (χ2n) is 6.06. The molecule has 0 saturated carbocycles. The Balaban J connectivity index is 1.62. The van der Waals surface area contributed by atoms with Crippen molar-refractivity contribution in [3.63, 3.8) is 0 Å². The van der Waals surface area contributed by atoms with Crippen LogP contribution in [0.15, 0.2) is 59.0 Å². The lowest BCUT2D eigenvalue weighted by molar-refractivity contribution is -0.384. The van der Waals surface area contributed by atoms with E-state index in [1.807, 2.05) is 0 Å². The van der Waals surface area contributed by atoms with Crippen molar-refractivity contribution < 1.29 is 14.1 Å². The van der Waals surface area contributed by atoms with Crippen LogP contribution < -0.4 is 10.6 Å². The summed E-state index contributed by atoms with van der Waals surface area (Å²) in [6, 6.07) is 12.2. The average Bonchev–Trinajstić information content (AvgIpc) is 3.16. The Kier molecular flexibility index (Phi) is 7.29. The Bertz CT molecular complexity index is 1190. The molecular formula is C20H12Cl3N3O4S. The lowest BCUT2D eigenvalue weighted by Gasteiger charge is -2.09. The van der Waals surface area contributed by atoms with Crippen molar-refractivity contribution >= 4 is 75.5 Å². The molecule has 0 aliphatic carbocycles. The molecule has 0 saturated heterocycles. The summed E-state index contributed by atoms with van der Waals surface area (Å²) in [7, 11) is 0. The number of nitro groups is 1. The van der Waals surface area contributed by atoms with Gasteiger partial charge in [0.05, 0.1) is 15.6 Å². The minimum absolute atomic E-state index is 0.0780. The van der Waals surface area contributed by atoms with Crippen molar-refractivity contribution in [1.82, 2.24) is 5.32 Å². The number of rotatable bonds is 5. The molecule has 11 heteroatoms. The van der Waals surface area contributed by atoms with Gasteiger partial charge in [-0.2, -0.15) is 0 Å². The number of anilines is 1. The fourth-order valence-electron chi connectivity index (χ4n) is 2.48. The standard InChI is InChI=1S/C20H12Cl3N3O4S/c21-12-7-11(8-13(22)9-12)18-5-2-15(30-18)3-6-19(27)25-20(31)24-17-10-14(26(28)29)1-4-16(17)23/h1-10H,(H2,24,25,27,31)/b6-3+. The summed E-state index contributed by atoms with van der Waals surface area (Å²) in [4.78, 5) is 22.4. The molecule has 0 unspecified atom stereocenters. The number of thiocarbonyl (C=S) groups is 1. The van der Waals surface area contributed by atoms with Gasteiger partial charge < -0.3 is 9.73 Å². The lowest BCUT2D eigenvalue weighted by atomic mass is 10.2. The maximum Gasteiger partial charge on any atom is 0.271 e. The van der Waals surface area contributed by atoms with Crippen molar-refractivity contribution in [3.8, 4) is 11.3 Å². The van der Waals surface area contributed by atoms with E-state index in [4.69, 9.17) is 51.4 Å². The van der Waals surface area contributed by atoms with Crippen LogP contribution in [-0.4, -0.2) is 15.9 Å². The number of nitrogens with zero attached hydrogens (tertiary/aromatic N) is 1. The van der Waals surface area contributed by atoms with Gasteiger partial charge in [0, 0.05) is 33.8 Å². The number of furan rings is 1. The van der Waals surface area contributed by atoms with E-state index in [-0.39, 0.29) is 21.5 Å². The molecule has 0 radical (unpaired) electrons. The first-order valence-electron chi connectivity index (χ1n) is 8.51. The van der Waals surface area contributed by atoms with Crippen LogP contribution in [0.2, 0.25) is 15.1 Å². The molecule has 31 heavy (non-hydrogen) atoms. The minimum atomic E-state index is -0.569. The smallest absolute Gasteiger partial charge is 0.271 e. The van der Waals surface area contributed by atoms with Crippen molar-refractivity contribution in [1.29, 1.82) is 0 Å². The quantitative estimate of drug-likeness (QED) is 0.185. The van der Waals surface area contributed by atoms with E-state index >= 15 is 0 Å². The molecule has 1 amide bonds. The second kappa shape index (κ2) is 9.93. The molecule has 3 aromatic rings. The molecule has 2 aromatic carbocycles. The summed E-state index contributed by atoms with van der Waals surface area (Å²) >= 11 is 23.0. The van der Waals surface area contributed by atoms with E-state index in [1.54, 1.807) is 30.3 Å². The molecular weight excluding hydrogens is 485 g/mol. The highest BCUT2D eigenvalue weighted by atomic mass is 35.5. The number of nitrogens with one attached hydrogen (secondary N) is 2. The summed E-state index contributed by atoms with van der Waals surface area (Å²) in [5.41, 5.74) is 0.720.